The molecule has 0 aliphatic rings. The average Bonchev–Trinajstić information content (AvgIpc) is 2.29. The van der Waals surface area contributed by atoms with Gasteiger partial charge < -0.3 is 5.73 Å². The first kappa shape index (κ1) is 11.7. The molecule has 2 aromatic rings. The minimum atomic E-state index is -0.461. The molecule has 17 heavy (non-hydrogen) atoms. The Balaban J connectivity index is 2.76. The van der Waals surface area contributed by atoms with Crippen molar-refractivity contribution < 1.29 is 0 Å². The highest BCUT2D eigenvalue weighted by atomic mass is 79.9. The molecule has 1 heterocycles. The number of hydrogen-bond donors (Lipinski definition) is 1. The topological polar surface area (TPSA) is 70.0 Å². The SMILES string of the molecule is Cn1c(=O)cc(N)n(-c2ccc(Br)cc2)c1=O. The second-order valence-electron chi connectivity index (χ2n) is 3.56. The van der Waals surface area contributed by atoms with Crippen molar-refractivity contribution in [2.24, 2.45) is 7.05 Å². The van der Waals surface area contributed by atoms with E-state index in [-0.39, 0.29) is 5.82 Å². The summed E-state index contributed by atoms with van der Waals surface area (Å²) in [5.41, 5.74) is 5.44. The lowest BCUT2D eigenvalue weighted by molar-refractivity contribution is 0.735. The van der Waals surface area contributed by atoms with Crippen LogP contribution in [0.1, 0.15) is 0 Å². The lowest BCUT2D eigenvalue weighted by Crippen LogP contribution is -2.37. The Bertz CT molecular complexity index is 671. The van der Waals surface area contributed by atoms with Crippen LogP contribution in [-0.2, 0) is 7.05 Å². The van der Waals surface area contributed by atoms with Gasteiger partial charge in [-0.1, -0.05) is 15.9 Å². The monoisotopic (exact) mass is 295 g/mol. The number of aromatic nitrogens is 2. The molecule has 0 fully saturated rings. The van der Waals surface area contributed by atoms with Gasteiger partial charge in [-0.2, -0.15) is 0 Å². The molecule has 0 saturated carbocycles. The fraction of sp³-hybridized carbons (Fsp3) is 0.0909. The molecule has 0 unspecified atom stereocenters. The van der Waals surface area contributed by atoms with Gasteiger partial charge in [0.25, 0.3) is 5.56 Å². The van der Waals surface area contributed by atoms with Crippen molar-refractivity contribution in [3.05, 3.63) is 55.6 Å². The van der Waals surface area contributed by atoms with Crippen LogP contribution in [0.25, 0.3) is 5.69 Å². The van der Waals surface area contributed by atoms with Gasteiger partial charge in [0, 0.05) is 17.6 Å². The summed E-state index contributed by atoms with van der Waals surface area (Å²) in [5, 5.41) is 0. The van der Waals surface area contributed by atoms with Crippen LogP contribution in [-0.4, -0.2) is 9.13 Å². The molecule has 5 nitrogen and oxygen atoms in total. The molecule has 2 N–H and O–H groups in total. The van der Waals surface area contributed by atoms with Crippen LogP contribution in [0, 0.1) is 0 Å². The van der Waals surface area contributed by atoms with Crippen molar-refractivity contribution in [1.29, 1.82) is 0 Å². The number of halogens is 1. The molecule has 0 spiro atoms. The third-order valence-electron chi connectivity index (χ3n) is 2.42. The molecule has 0 bridgehead atoms. The first-order valence-electron chi connectivity index (χ1n) is 4.85. The predicted molar refractivity (Wildman–Crippen MR) is 69.4 cm³/mol. The Morgan fingerprint density at radius 3 is 2.35 bits per heavy atom. The summed E-state index contributed by atoms with van der Waals surface area (Å²) < 4.78 is 3.20. The van der Waals surface area contributed by atoms with Crippen molar-refractivity contribution >= 4 is 21.7 Å². The van der Waals surface area contributed by atoms with E-state index in [4.69, 9.17) is 5.73 Å². The fourth-order valence-electron chi connectivity index (χ4n) is 1.49. The Morgan fingerprint density at radius 2 is 1.76 bits per heavy atom. The average molecular weight is 296 g/mol. The first-order valence-corrected chi connectivity index (χ1v) is 5.64. The molecular formula is C11H10BrN3O2. The van der Waals surface area contributed by atoms with E-state index in [0.717, 1.165) is 9.04 Å². The Kier molecular flexibility index (Phi) is 2.89. The van der Waals surface area contributed by atoms with Gasteiger partial charge in [-0.15, -0.1) is 0 Å². The lowest BCUT2D eigenvalue weighted by Gasteiger charge is -2.10. The number of nitrogens with two attached hydrogens (primary N) is 1. The van der Waals surface area contributed by atoms with Crippen LogP contribution in [0.2, 0.25) is 0 Å². The molecule has 0 radical (unpaired) electrons. The maximum Gasteiger partial charge on any atom is 0.336 e. The van der Waals surface area contributed by atoms with Crippen molar-refractivity contribution in [2.75, 3.05) is 5.73 Å². The minimum absolute atomic E-state index is 0.125. The maximum atomic E-state index is 11.9. The van der Waals surface area contributed by atoms with E-state index in [1.165, 1.54) is 17.7 Å². The smallest absolute Gasteiger partial charge is 0.336 e. The second-order valence-corrected chi connectivity index (χ2v) is 4.48. The summed E-state index contributed by atoms with van der Waals surface area (Å²) in [7, 11) is 1.42. The van der Waals surface area contributed by atoms with E-state index in [1.807, 2.05) is 0 Å². The molecule has 6 heteroatoms. The van der Waals surface area contributed by atoms with E-state index in [1.54, 1.807) is 24.3 Å². The number of rotatable bonds is 1. The zero-order valence-corrected chi connectivity index (χ0v) is 10.6. The van der Waals surface area contributed by atoms with Crippen molar-refractivity contribution in [3.8, 4) is 5.69 Å². The van der Waals surface area contributed by atoms with Crippen LogP contribution < -0.4 is 17.0 Å². The van der Waals surface area contributed by atoms with Gasteiger partial charge in [0.2, 0.25) is 0 Å². The maximum absolute atomic E-state index is 11.9. The molecule has 0 aliphatic carbocycles. The standard InChI is InChI=1S/C11H10BrN3O2/c1-14-10(16)6-9(13)15(11(14)17)8-4-2-7(12)3-5-8/h2-6H,13H2,1H3. The summed E-state index contributed by atoms with van der Waals surface area (Å²) in [6.07, 6.45) is 0. The van der Waals surface area contributed by atoms with Gasteiger partial charge >= 0.3 is 5.69 Å². The van der Waals surface area contributed by atoms with Crippen LogP contribution in [0.5, 0.6) is 0 Å². The largest absolute Gasteiger partial charge is 0.385 e. The summed E-state index contributed by atoms with van der Waals surface area (Å²) in [5.74, 6) is 0.125. The number of anilines is 1. The van der Waals surface area contributed by atoms with E-state index in [9.17, 15) is 9.59 Å². The zero-order chi connectivity index (χ0) is 12.6. The van der Waals surface area contributed by atoms with Crippen LogP contribution >= 0.6 is 15.9 Å². The van der Waals surface area contributed by atoms with E-state index in [0.29, 0.717) is 5.69 Å². The minimum Gasteiger partial charge on any atom is -0.385 e. The first-order chi connectivity index (χ1) is 8.00. The van der Waals surface area contributed by atoms with E-state index >= 15 is 0 Å². The van der Waals surface area contributed by atoms with Crippen molar-refractivity contribution in [1.82, 2.24) is 9.13 Å². The molecule has 0 saturated heterocycles. The Morgan fingerprint density at radius 1 is 1.18 bits per heavy atom. The number of nitrogen functional groups attached to an aromatic ring is 1. The third kappa shape index (κ3) is 2.03. The fourth-order valence-corrected chi connectivity index (χ4v) is 1.76. The molecule has 0 atom stereocenters. The molecule has 1 aromatic heterocycles. The van der Waals surface area contributed by atoms with Gasteiger partial charge in [-0.3, -0.25) is 9.36 Å². The quantitative estimate of drug-likeness (QED) is 0.849. The normalized spacial score (nSPS) is 10.5. The number of nitrogens with zero attached hydrogens (tertiary/aromatic N) is 2. The summed E-state index contributed by atoms with van der Waals surface area (Å²) in [6.45, 7) is 0. The van der Waals surface area contributed by atoms with E-state index in [2.05, 4.69) is 15.9 Å². The predicted octanol–water partition coefficient (Wildman–Crippen LogP) is 0.881. The highest BCUT2D eigenvalue weighted by Crippen LogP contribution is 2.14. The highest BCUT2D eigenvalue weighted by molar-refractivity contribution is 9.10. The van der Waals surface area contributed by atoms with Crippen molar-refractivity contribution in [3.63, 3.8) is 0 Å². The summed E-state index contributed by atoms with van der Waals surface area (Å²) >= 11 is 3.31. The molecular weight excluding hydrogens is 286 g/mol. The third-order valence-corrected chi connectivity index (χ3v) is 2.95. The second kappa shape index (κ2) is 4.21. The van der Waals surface area contributed by atoms with Gasteiger partial charge in [0.1, 0.15) is 5.82 Å². The molecule has 0 aliphatic heterocycles. The summed E-state index contributed by atoms with van der Waals surface area (Å²) in [6, 6.07) is 8.31. The Hall–Kier alpha value is -1.82. The van der Waals surface area contributed by atoms with Crippen LogP contribution in [0.4, 0.5) is 5.82 Å². The zero-order valence-electron chi connectivity index (χ0n) is 9.05. The lowest BCUT2D eigenvalue weighted by atomic mass is 10.3. The van der Waals surface area contributed by atoms with Gasteiger partial charge in [0.15, 0.2) is 0 Å². The number of hydrogen-bond acceptors (Lipinski definition) is 3. The molecule has 2 rings (SSSR count). The molecule has 0 amide bonds. The van der Waals surface area contributed by atoms with Crippen LogP contribution in [0.3, 0.4) is 0 Å². The van der Waals surface area contributed by atoms with Crippen molar-refractivity contribution in [2.45, 2.75) is 0 Å². The highest BCUT2D eigenvalue weighted by Gasteiger charge is 2.08. The number of benzene rings is 1. The molecule has 1 aromatic carbocycles. The van der Waals surface area contributed by atoms with Crippen LogP contribution in [0.15, 0.2) is 44.4 Å². The van der Waals surface area contributed by atoms with Gasteiger partial charge in [0.05, 0.1) is 5.69 Å². The van der Waals surface area contributed by atoms with Gasteiger partial charge in [-0.25, -0.2) is 9.36 Å². The van der Waals surface area contributed by atoms with Gasteiger partial charge in [-0.05, 0) is 24.3 Å². The summed E-state index contributed by atoms with van der Waals surface area (Å²) in [4.78, 5) is 23.3. The van der Waals surface area contributed by atoms with E-state index < -0.39 is 11.2 Å². The molecule has 88 valence electrons. The Labute approximate surface area is 105 Å².